The third-order valence-electron chi connectivity index (χ3n) is 6.56. The van der Waals surface area contributed by atoms with Crippen LogP contribution in [0.25, 0.3) is 0 Å². The first-order valence-electron chi connectivity index (χ1n) is 12.6. The number of aryl methyl sites for hydroxylation is 2. The van der Waals surface area contributed by atoms with Crippen LogP contribution in [0, 0.1) is 19.8 Å². The summed E-state index contributed by atoms with van der Waals surface area (Å²) in [4.78, 5) is 54.2. The molecule has 0 spiro atoms. The molecule has 3 aromatic carbocycles. The van der Waals surface area contributed by atoms with Crippen LogP contribution in [0.1, 0.15) is 44.7 Å². The van der Waals surface area contributed by atoms with Crippen LogP contribution in [0.2, 0.25) is 0 Å². The van der Waals surface area contributed by atoms with Gasteiger partial charge in [0.2, 0.25) is 0 Å². The van der Waals surface area contributed by atoms with E-state index in [0.29, 0.717) is 5.06 Å². The summed E-state index contributed by atoms with van der Waals surface area (Å²) in [6.07, 6.45) is -0.143. The van der Waals surface area contributed by atoms with Gasteiger partial charge in [0, 0.05) is 18.4 Å². The van der Waals surface area contributed by atoms with Gasteiger partial charge in [0.05, 0.1) is 32.8 Å². The molecule has 214 valence electrons. The molecule has 0 aliphatic carbocycles. The fourth-order valence-electron chi connectivity index (χ4n) is 4.21. The smallest absolute Gasteiger partial charge is 0.325 e. The second-order valence-electron chi connectivity index (χ2n) is 9.79. The van der Waals surface area contributed by atoms with Gasteiger partial charge in [-0.1, -0.05) is 47.5 Å². The van der Waals surface area contributed by atoms with Crippen molar-refractivity contribution in [3.8, 4) is 0 Å². The zero-order valence-electron chi connectivity index (χ0n) is 22.3. The molecule has 2 amide bonds. The highest BCUT2D eigenvalue weighted by Crippen LogP contribution is 2.23. The van der Waals surface area contributed by atoms with E-state index < -0.39 is 60.7 Å². The molecule has 0 aromatic heterocycles. The molecule has 0 N–H and O–H groups in total. The summed E-state index contributed by atoms with van der Waals surface area (Å²) in [5.74, 6) is -6.05. The zero-order chi connectivity index (χ0) is 29.9. The predicted octanol–water partition coefficient (Wildman–Crippen LogP) is 3.27. The van der Waals surface area contributed by atoms with Crippen molar-refractivity contribution in [3.05, 3.63) is 95.1 Å². The number of hydroxylamine groups is 2. The minimum Gasteiger partial charge on any atom is -0.325 e. The van der Waals surface area contributed by atoms with Gasteiger partial charge in [0.15, 0.2) is 25.5 Å². The lowest BCUT2D eigenvalue weighted by Crippen LogP contribution is -2.32. The molecule has 4 rings (SSSR count). The van der Waals surface area contributed by atoms with Crippen molar-refractivity contribution in [1.82, 2.24) is 5.06 Å². The third-order valence-corrected chi connectivity index (χ3v) is 10.2. The van der Waals surface area contributed by atoms with Crippen molar-refractivity contribution in [2.45, 2.75) is 36.5 Å². The van der Waals surface area contributed by atoms with Gasteiger partial charge in [0.25, 0.3) is 11.8 Å². The number of Topliss-reactive ketones (excluding diaryl/α,β-unsaturated/α-hetero) is 1. The van der Waals surface area contributed by atoms with Gasteiger partial charge in [-0.3, -0.25) is 14.4 Å². The molecule has 1 fully saturated rings. The number of hydrogen-bond donors (Lipinski definition) is 0. The van der Waals surface area contributed by atoms with Crippen molar-refractivity contribution in [3.63, 3.8) is 0 Å². The number of ketones is 1. The van der Waals surface area contributed by atoms with Crippen LogP contribution in [-0.2, 0) is 34.1 Å². The lowest BCUT2D eigenvalue weighted by molar-refractivity contribution is -0.172. The van der Waals surface area contributed by atoms with Gasteiger partial charge in [-0.15, -0.1) is 5.06 Å². The Kier molecular flexibility index (Phi) is 8.55. The summed E-state index contributed by atoms with van der Waals surface area (Å²) in [6, 6.07) is 16.9. The number of amides is 2. The topological polar surface area (TPSA) is 149 Å². The number of hydrogen-bond acceptors (Lipinski definition) is 9. The maximum atomic E-state index is 13.6. The molecule has 1 saturated heterocycles. The van der Waals surface area contributed by atoms with Gasteiger partial charge >= 0.3 is 5.97 Å². The van der Waals surface area contributed by atoms with E-state index in [1.54, 1.807) is 38.1 Å². The SMILES string of the molecule is Cc1ccc(S(=O)(=O)CC(CS(=O)(=O)c2ccc(C)cc2)C(=O)c2ccc(C(=O)ON3C(=O)CCC3=O)cc2)cc1. The van der Waals surface area contributed by atoms with Crippen LogP contribution >= 0.6 is 0 Å². The van der Waals surface area contributed by atoms with Crippen molar-refractivity contribution in [2.24, 2.45) is 5.92 Å². The van der Waals surface area contributed by atoms with Gasteiger partial charge in [-0.05, 0) is 50.2 Å². The van der Waals surface area contributed by atoms with E-state index in [4.69, 9.17) is 4.84 Å². The Morgan fingerprint density at radius 2 is 1.07 bits per heavy atom. The quantitative estimate of drug-likeness (QED) is 0.253. The molecule has 0 radical (unpaired) electrons. The van der Waals surface area contributed by atoms with Crippen molar-refractivity contribution in [2.75, 3.05) is 11.5 Å². The zero-order valence-corrected chi connectivity index (χ0v) is 23.9. The van der Waals surface area contributed by atoms with Crippen molar-refractivity contribution < 1.29 is 40.9 Å². The standard InChI is InChI=1S/C29H27NO9S2/c1-19-3-11-24(12-4-19)40(35,36)17-23(18-41(37,38)25-13-5-20(2)6-14-25)28(33)21-7-9-22(10-8-21)29(34)39-30-26(31)15-16-27(30)32/h3-14,23H,15-18H2,1-2H3. The molecule has 0 atom stereocenters. The van der Waals surface area contributed by atoms with Gasteiger partial charge in [-0.2, -0.15) is 0 Å². The lowest BCUT2D eigenvalue weighted by atomic mass is 10.00. The molecule has 10 nitrogen and oxygen atoms in total. The predicted molar refractivity (Wildman–Crippen MR) is 147 cm³/mol. The Morgan fingerprint density at radius 1 is 0.683 bits per heavy atom. The summed E-state index contributed by atoms with van der Waals surface area (Å²) in [5, 5.41) is 0.392. The van der Waals surface area contributed by atoms with Crippen LogP contribution < -0.4 is 0 Å². The van der Waals surface area contributed by atoms with E-state index in [2.05, 4.69) is 0 Å². The Morgan fingerprint density at radius 3 is 1.49 bits per heavy atom. The van der Waals surface area contributed by atoms with Gasteiger partial charge < -0.3 is 4.84 Å². The Balaban J connectivity index is 1.61. The molecule has 1 aliphatic heterocycles. The summed E-state index contributed by atoms with van der Waals surface area (Å²) in [6.45, 7) is 3.58. The second-order valence-corrected chi connectivity index (χ2v) is 13.9. The summed E-state index contributed by atoms with van der Waals surface area (Å²) >= 11 is 0. The van der Waals surface area contributed by atoms with Crippen LogP contribution in [0.15, 0.2) is 82.6 Å². The highest BCUT2D eigenvalue weighted by atomic mass is 32.2. The fraction of sp³-hybridized carbons (Fsp3) is 0.241. The average Bonchev–Trinajstić information content (AvgIpc) is 3.24. The number of benzene rings is 3. The second kappa shape index (κ2) is 11.8. The normalized spacial score (nSPS) is 14.0. The Hall–Kier alpha value is -4.16. The molecule has 0 bridgehead atoms. The van der Waals surface area contributed by atoms with E-state index in [1.807, 2.05) is 0 Å². The molecular formula is C29H27NO9S2. The number of imide groups is 1. The minimum atomic E-state index is -4.06. The van der Waals surface area contributed by atoms with Crippen molar-refractivity contribution in [1.29, 1.82) is 0 Å². The molecule has 1 heterocycles. The van der Waals surface area contributed by atoms with Crippen LogP contribution in [0.5, 0.6) is 0 Å². The summed E-state index contributed by atoms with van der Waals surface area (Å²) in [5.41, 5.74) is 1.55. The van der Waals surface area contributed by atoms with E-state index in [9.17, 15) is 36.0 Å². The highest BCUT2D eigenvalue weighted by Gasteiger charge is 2.34. The molecule has 0 saturated carbocycles. The number of rotatable bonds is 10. The Bertz CT molecular complexity index is 1620. The first-order chi connectivity index (χ1) is 19.3. The largest absolute Gasteiger partial charge is 0.363 e. The molecular weight excluding hydrogens is 570 g/mol. The van der Waals surface area contributed by atoms with E-state index in [-0.39, 0.29) is 33.8 Å². The third kappa shape index (κ3) is 6.95. The van der Waals surface area contributed by atoms with Crippen LogP contribution in [0.3, 0.4) is 0 Å². The molecule has 12 heteroatoms. The Labute approximate surface area is 237 Å². The number of carbonyl (C=O) groups is 4. The molecule has 3 aromatic rings. The number of sulfone groups is 2. The number of carbonyl (C=O) groups excluding carboxylic acids is 4. The molecule has 0 unspecified atom stereocenters. The van der Waals surface area contributed by atoms with E-state index in [0.717, 1.165) is 11.1 Å². The maximum absolute atomic E-state index is 13.6. The van der Waals surface area contributed by atoms with Crippen LogP contribution in [-0.4, -0.2) is 57.0 Å². The van der Waals surface area contributed by atoms with Crippen molar-refractivity contribution >= 4 is 43.2 Å². The van der Waals surface area contributed by atoms with Gasteiger partial charge in [-0.25, -0.2) is 21.6 Å². The first-order valence-corrected chi connectivity index (χ1v) is 15.9. The lowest BCUT2D eigenvalue weighted by Gasteiger charge is -2.17. The van der Waals surface area contributed by atoms with E-state index >= 15 is 0 Å². The summed E-state index contributed by atoms with van der Waals surface area (Å²) < 4.78 is 53.0. The van der Waals surface area contributed by atoms with Gasteiger partial charge in [0.1, 0.15) is 0 Å². The maximum Gasteiger partial charge on any atom is 0.363 e. The number of nitrogens with zero attached hydrogens (tertiary/aromatic N) is 1. The monoisotopic (exact) mass is 597 g/mol. The fourth-order valence-corrected chi connectivity index (χ4v) is 7.45. The highest BCUT2D eigenvalue weighted by molar-refractivity contribution is 7.92. The minimum absolute atomic E-state index is 0.0295. The van der Waals surface area contributed by atoms with E-state index in [1.165, 1.54) is 48.5 Å². The summed E-state index contributed by atoms with van der Waals surface area (Å²) in [7, 11) is -8.13. The average molecular weight is 598 g/mol. The molecule has 1 aliphatic rings. The van der Waals surface area contributed by atoms with Crippen LogP contribution in [0.4, 0.5) is 0 Å². The molecule has 41 heavy (non-hydrogen) atoms. The first kappa shape index (κ1) is 29.8.